The molecule has 3 rings (SSSR count). The Kier molecular flexibility index (Phi) is 3.89. The van der Waals surface area contributed by atoms with Gasteiger partial charge in [0.25, 0.3) is 0 Å². The fraction of sp³-hybridized carbons (Fsp3) is 0.412. The van der Waals surface area contributed by atoms with Crippen LogP contribution < -0.4 is 5.32 Å². The number of thiophene rings is 1. The van der Waals surface area contributed by atoms with Crippen molar-refractivity contribution in [3.05, 3.63) is 56.7 Å². The number of hydrogen-bond donors (Lipinski definition) is 1. The third kappa shape index (κ3) is 2.78. The minimum absolute atomic E-state index is 0.287. The summed E-state index contributed by atoms with van der Waals surface area (Å²) in [5, 5.41) is 3.75. The quantitative estimate of drug-likeness (QED) is 0.821. The molecular weight excluding hydrogens is 286 g/mol. The average molecular weight is 306 g/mol. The summed E-state index contributed by atoms with van der Waals surface area (Å²) in [6, 6.07) is 13.3. The summed E-state index contributed by atoms with van der Waals surface area (Å²) in [7, 11) is 0. The van der Waals surface area contributed by atoms with E-state index in [4.69, 9.17) is 11.6 Å². The van der Waals surface area contributed by atoms with Crippen LogP contribution in [-0.4, -0.2) is 0 Å². The number of fused-ring (bicyclic) bond motifs is 1. The monoisotopic (exact) mass is 305 g/mol. The van der Waals surface area contributed by atoms with Crippen molar-refractivity contribution in [3.8, 4) is 0 Å². The van der Waals surface area contributed by atoms with Crippen molar-refractivity contribution >= 4 is 22.9 Å². The Labute approximate surface area is 130 Å². The maximum absolute atomic E-state index is 6.01. The molecule has 1 unspecified atom stereocenters. The Morgan fingerprint density at radius 3 is 2.80 bits per heavy atom. The third-order valence-electron chi connectivity index (χ3n) is 4.30. The minimum Gasteiger partial charge on any atom is -0.305 e. The van der Waals surface area contributed by atoms with Crippen LogP contribution in [0.2, 0.25) is 4.34 Å². The highest BCUT2D eigenvalue weighted by Crippen LogP contribution is 2.43. The first kappa shape index (κ1) is 14.1. The van der Waals surface area contributed by atoms with Crippen molar-refractivity contribution < 1.29 is 0 Å². The van der Waals surface area contributed by atoms with Crippen molar-refractivity contribution in [2.45, 2.75) is 39.3 Å². The van der Waals surface area contributed by atoms with E-state index in [9.17, 15) is 0 Å². The fourth-order valence-corrected chi connectivity index (χ4v) is 4.14. The van der Waals surface area contributed by atoms with Crippen molar-refractivity contribution in [3.63, 3.8) is 0 Å². The van der Waals surface area contributed by atoms with Gasteiger partial charge >= 0.3 is 0 Å². The molecule has 0 saturated heterocycles. The molecule has 0 amide bonds. The van der Waals surface area contributed by atoms with E-state index < -0.39 is 0 Å². The van der Waals surface area contributed by atoms with E-state index in [1.54, 1.807) is 11.3 Å². The van der Waals surface area contributed by atoms with E-state index in [0.29, 0.717) is 6.04 Å². The molecule has 1 N–H and O–H groups in total. The predicted molar refractivity (Wildman–Crippen MR) is 87.5 cm³/mol. The van der Waals surface area contributed by atoms with Crippen molar-refractivity contribution in [2.75, 3.05) is 0 Å². The first-order valence-electron chi connectivity index (χ1n) is 7.12. The molecule has 1 heterocycles. The zero-order valence-corrected chi connectivity index (χ0v) is 13.5. The molecule has 1 nitrogen and oxygen atoms in total. The maximum atomic E-state index is 6.01. The molecule has 1 aromatic heterocycles. The normalized spacial score (nSPS) is 20.6. The molecule has 3 heteroatoms. The van der Waals surface area contributed by atoms with E-state index in [1.807, 2.05) is 6.07 Å². The van der Waals surface area contributed by atoms with Crippen LogP contribution in [0.4, 0.5) is 0 Å². The van der Waals surface area contributed by atoms with Gasteiger partial charge in [0.05, 0.1) is 4.34 Å². The van der Waals surface area contributed by atoms with Crippen LogP contribution in [-0.2, 0) is 13.0 Å². The fourth-order valence-electron chi connectivity index (χ4n) is 3.10. The van der Waals surface area contributed by atoms with E-state index in [0.717, 1.165) is 10.9 Å². The zero-order valence-electron chi connectivity index (χ0n) is 11.9. The zero-order chi connectivity index (χ0) is 14.2. The number of aryl methyl sites for hydroxylation is 1. The summed E-state index contributed by atoms with van der Waals surface area (Å²) >= 11 is 7.67. The number of hydrogen-bond acceptors (Lipinski definition) is 2. The first-order valence-corrected chi connectivity index (χ1v) is 8.31. The van der Waals surface area contributed by atoms with Crippen LogP contribution in [0.3, 0.4) is 0 Å². The minimum atomic E-state index is 0.287. The molecular formula is C17H20ClNS. The molecule has 0 aliphatic heterocycles. The highest BCUT2D eigenvalue weighted by molar-refractivity contribution is 7.16. The van der Waals surface area contributed by atoms with Crippen LogP contribution in [0.25, 0.3) is 0 Å². The van der Waals surface area contributed by atoms with Crippen LogP contribution in [0.1, 0.15) is 42.3 Å². The lowest BCUT2D eigenvalue weighted by molar-refractivity contribution is 0.208. The maximum Gasteiger partial charge on any atom is 0.0931 e. The second-order valence-corrected chi connectivity index (χ2v) is 8.01. The molecule has 0 bridgehead atoms. The second-order valence-electron chi connectivity index (χ2n) is 6.21. The van der Waals surface area contributed by atoms with Gasteiger partial charge in [0.2, 0.25) is 0 Å². The summed E-state index contributed by atoms with van der Waals surface area (Å²) in [4.78, 5) is 1.30. The molecule has 106 valence electrons. The number of nitrogens with one attached hydrogen (secondary N) is 1. The second kappa shape index (κ2) is 5.51. The largest absolute Gasteiger partial charge is 0.305 e. The molecule has 1 aliphatic rings. The Hall–Kier alpha value is -0.830. The predicted octanol–water partition coefficient (Wildman–Crippen LogP) is 5.20. The summed E-state index contributed by atoms with van der Waals surface area (Å²) in [6.07, 6.45) is 2.42. The van der Waals surface area contributed by atoms with Crippen LogP contribution >= 0.6 is 22.9 Å². The lowest BCUT2D eigenvalue weighted by Gasteiger charge is -2.40. The standard InChI is InChI=1S/C17H20ClNS/c1-17(2)10-9-12-5-3-4-6-14(12)16(17)19-11-13-7-8-15(18)20-13/h3-8,16,19H,9-11H2,1-2H3. The van der Waals surface area contributed by atoms with Gasteiger partial charge in [-0.2, -0.15) is 0 Å². The molecule has 2 aromatic rings. The number of rotatable bonds is 3. The first-order chi connectivity index (χ1) is 9.56. The third-order valence-corrected chi connectivity index (χ3v) is 5.53. The molecule has 1 atom stereocenters. The van der Waals surface area contributed by atoms with Crippen LogP contribution in [0.15, 0.2) is 36.4 Å². The lowest BCUT2D eigenvalue weighted by atomic mass is 9.70. The summed E-state index contributed by atoms with van der Waals surface area (Å²) < 4.78 is 0.866. The Morgan fingerprint density at radius 2 is 2.05 bits per heavy atom. The van der Waals surface area contributed by atoms with Gasteiger partial charge in [-0.05, 0) is 41.5 Å². The number of halogens is 1. The molecule has 1 aliphatic carbocycles. The van der Waals surface area contributed by atoms with E-state index in [-0.39, 0.29) is 5.41 Å². The SMILES string of the molecule is CC1(C)CCc2ccccc2C1NCc1ccc(Cl)s1. The van der Waals surface area contributed by atoms with Crippen molar-refractivity contribution in [2.24, 2.45) is 5.41 Å². The summed E-state index contributed by atoms with van der Waals surface area (Å²) in [6.45, 7) is 5.61. The Morgan fingerprint density at radius 1 is 1.25 bits per heavy atom. The highest BCUT2D eigenvalue weighted by atomic mass is 35.5. The highest BCUT2D eigenvalue weighted by Gasteiger charge is 2.35. The molecule has 0 radical (unpaired) electrons. The van der Waals surface area contributed by atoms with Crippen molar-refractivity contribution in [1.29, 1.82) is 0 Å². The topological polar surface area (TPSA) is 12.0 Å². The van der Waals surface area contributed by atoms with Gasteiger partial charge in [-0.3, -0.25) is 0 Å². The van der Waals surface area contributed by atoms with E-state index in [1.165, 1.54) is 28.8 Å². The Balaban J connectivity index is 1.82. The Bertz CT molecular complexity index is 603. The lowest BCUT2D eigenvalue weighted by Crippen LogP contribution is -2.37. The van der Waals surface area contributed by atoms with Gasteiger partial charge in [0, 0.05) is 17.5 Å². The van der Waals surface area contributed by atoms with Gasteiger partial charge in [-0.25, -0.2) is 0 Å². The molecule has 0 fully saturated rings. The van der Waals surface area contributed by atoms with E-state index in [2.05, 4.69) is 49.5 Å². The number of benzene rings is 1. The van der Waals surface area contributed by atoms with Gasteiger partial charge in [0.1, 0.15) is 0 Å². The van der Waals surface area contributed by atoms with E-state index >= 15 is 0 Å². The summed E-state index contributed by atoms with van der Waals surface area (Å²) in [5.41, 5.74) is 3.25. The molecule has 20 heavy (non-hydrogen) atoms. The van der Waals surface area contributed by atoms with Gasteiger partial charge in [0.15, 0.2) is 0 Å². The van der Waals surface area contributed by atoms with Crippen LogP contribution in [0.5, 0.6) is 0 Å². The van der Waals surface area contributed by atoms with Gasteiger partial charge in [-0.1, -0.05) is 49.7 Å². The summed E-state index contributed by atoms with van der Waals surface area (Å²) in [5.74, 6) is 0. The average Bonchev–Trinajstić information content (AvgIpc) is 2.83. The van der Waals surface area contributed by atoms with Crippen molar-refractivity contribution in [1.82, 2.24) is 5.32 Å². The van der Waals surface area contributed by atoms with Crippen LogP contribution in [0, 0.1) is 5.41 Å². The molecule has 1 aromatic carbocycles. The molecule has 0 saturated carbocycles. The molecule has 0 spiro atoms. The smallest absolute Gasteiger partial charge is 0.0931 e. The van der Waals surface area contributed by atoms with Gasteiger partial charge < -0.3 is 5.32 Å². The van der Waals surface area contributed by atoms with Gasteiger partial charge in [-0.15, -0.1) is 11.3 Å².